The number of hydrogen-bond donors (Lipinski definition) is 2. The van der Waals surface area contributed by atoms with Gasteiger partial charge in [0.05, 0.1) is 16.6 Å². The molecule has 4 aromatic rings. The molecule has 6 atom stereocenters. The third-order valence-electron chi connectivity index (χ3n) is 10.3. The molecule has 0 radical (unpaired) electrons. The van der Waals surface area contributed by atoms with Gasteiger partial charge in [-0.1, -0.05) is 23.7 Å². The summed E-state index contributed by atoms with van der Waals surface area (Å²) in [6.07, 6.45) is 6.66. The predicted molar refractivity (Wildman–Crippen MR) is 178 cm³/mol. The normalized spacial score (nSPS) is 28.3. The zero-order valence-electron chi connectivity index (χ0n) is 25.8. The molecular weight excluding hydrogens is 699 g/mol. The molecule has 0 spiro atoms. The maximum atomic E-state index is 14.2. The third-order valence-corrected chi connectivity index (χ3v) is 13.3. The van der Waals surface area contributed by atoms with E-state index in [2.05, 4.69) is 19.8 Å². The Hall–Kier alpha value is -3.63. The highest BCUT2D eigenvalue weighted by atomic mass is 35.5. The highest BCUT2D eigenvalue weighted by molar-refractivity contribution is 7.90. The Morgan fingerprint density at radius 2 is 1.88 bits per heavy atom. The van der Waals surface area contributed by atoms with E-state index in [1.807, 2.05) is 11.0 Å². The van der Waals surface area contributed by atoms with Crippen LogP contribution in [-0.2, 0) is 15.6 Å². The summed E-state index contributed by atoms with van der Waals surface area (Å²) in [5, 5.41) is 17.7. The van der Waals surface area contributed by atoms with E-state index in [4.69, 9.17) is 16.6 Å². The van der Waals surface area contributed by atoms with Crippen molar-refractivity contribution in [3.63, 3.8) is 0 Å². The Morgan fingerprint density at radius 3 is 2.53 bits per heavy atom. The molecule has 0 amide bonds. The van der Waals surface area contributed by atoms with Crippen molar-refractivity contribution in [3.8, 4) is 0 Å². The molecular formula is C33H31ClF3N7O3S2. The number of aliphatic hydroxyl groups is 1. The van der Waals surface area contributed by atoms with Crippen LogP contribution in [0.2, 0.25) is 5.02 Å². The fraction of sp³-hybridized carbons (Fsp3) is 0.394. The molecule has 2 aliphatic carbocycles. The maximum Gasteiger partial charge on any atom is 0.333 e. The molecule has 10 nitrogen and oxygen atoms in total. The van der Waals surface area contributed by atoms with E-state index in [1.54, 1.807) is 29.9 Å². The highest BCUT2D eigenvalue weighted by Crippen LogP contribution is 2.56. The Labute approximate surface area is 289 Å². The number of amidine groups is 1. The lowest BCUT2D eigenvalue weighted by molar-refractivity contribution is -0.0682. The zero-order valence-corrected chi connectivity index (χ0v) is 28.2. The summed E-state index contributed by atoms with van der Waals surface area (Å²) in [5.74, 6) is -0.579. The van der Waals surface area contributed by atoms with Crippen molar-refractivity contribution in [3.05, 3.63) is 105 Å². The fourth-order valence-electron chi connectivity index (χ4n) is 8.13. The first-order valence-corrected chi connectivity index (χ1v) is 18.7. The van der Waals surface area contributed by atoms with Crippen LogP contribution in [0.1, 0.15) is 66.7 Å². The van der Waals surface area contributed by atoms with Gasteiger partial charge in [0.2, 0.25) is 10.0 Å². The van der Waals surface area contributed by atoms with E-state index in [1.165, 1.54) is 41.8 Å². The lowest BCUT2D eigenvalue weighted by Crippen LogP contribution is -2.50. The number of hydrogen-bond acceptors (Lipinski definition) is 9. The van der Waals surface area contributed by atoms with Gasteiger partial charge in [0.25, 0.3) is 0 Å². The van der Waals surface area contributed by atoms with E-state index in [-0.39, 0.29) is 35.5 Å². The summed E-state index contributed by atoms with van der Waals surface area (Å²) < 4.78 is 73.2. The SMILES string of the molecule is O=S(=O)(N[C@H]1CC2=C(c3ccn(C(F)F)n3)[C@H](c3ccc(F)cc3Cl)N=C(c3nccs3)N2C1)[C@@H]1CC2CC[C@@H](C1)C2(O)c1ccccn1. The minimum atomic E-state index is -3.87. The molecule has 5 heterocycles. The second-order valence-corrected chi connectivity index (χ2v) is 16.3. The Morgan fingerprint density at radius 1 is 1.08 bits per heavy atom. The number of aliphatic imine (C=N–C) groups is 1. The lowest BCUT2D eigenvalue weighted by atomic mass is 9.72. The topological polar surface area (TPSA) is 126 Å². The van der Waals surface area contributed by atoms with Gasteiger partial charge in [0.15, 0.2) is 10.8 Å². The van der Waals surface area contributed by atoms with Gasteiger partial charge in [0, 0.05) is 64.8 Å². The van der Waals surface area contributed by atoms with Gasteiger partial charge in [-0.2, -0.15) is 13.9 Å². The van der Waals surface area contributed by atoms with E-state index >= 15 is 0 Å². The summed E-state index contributed by atoms with van der Waals surface area (Å²) in [7, 11) is -3.87. The minimum Gasteiger partial charge on any atom is -0.383 e. The van der Waals surface area contributed by atoms with Crippen LogP contribution in [0.4, 0.5) is 13.2 Å². The molecule has 8 rings (SSSR count). The van der Waals surface area contributed by atoms with Crippen LogP contribution in [0.5, 0.6) is 0 Å². The summed E-state index contributed by atoms with van der Waals surface area (Å²) >= 11 is 7.90. The molecule has 1 saturated heterocycles. The van der Waals surface area contributed by atoms with Gasteiger partial charge in [-0.3, -0.25) is 9.98 Å². The van der Waals surface area contributed by atoms with Crippen molar-refractivity contribution < 1.29 is 26.7 Å². The fourth-order valence-corrected chi connectivity index (χ4v) is 10.8. The largest absolute Gasteiger partial charge is 0.383 e. The third kappa shape index (κ3) is 5.59. The van der Waals surface area contributed by atoms with Crippen LogP contribution in [0, 0.1) is 17.7 Å². The number of fused-ring (bicyclic) bond motifs is 3. The first-order valence-electron chi connectivity index (χ1n) is 15.9. The molecule has 2 aliphatic heterocycles. The van der Waals surface area contributed by atoms with E-state index < -0.39 is 45.3 Å². The smallest absolute Gasteiger partial charge is 0.333 e. The van der Waals surface area contributed by atoms with Gasteiger partial charge in [-0.15, -0.1) is 11.3 Å². The number of benzene rings is 1. The quantitative estimate of drug-likeness (QED) is 0.231. The Kier molecular flexibility index (Phi) is 8.18. The molecule has 2 saturated carbocycles. The van der Waals surface area contributed by atoms with Crippen molar-refractivity contribution in [1.29, 1.82) is 0 Å². The molecule has 1 aromatic carbocycles. The van der Waals surface area contributed by atoms with Crippen LogP contribution < -0.4 is 4.72 Å². The van der Waals surface area contributed by atoms with Gasteiger partial charge in [-0.25, -0.2) is 27.2 Å². The number of nitrogens with one attached hydrogen (secondary N) is 1. The molecule has 16 heteroatoms. The number of nitrogens with zero attached hydrogens (tertiary/aromatic N) is 6. The summed E-state index contributed by atoms with van der Waals surface area (Å²) in [6.45, 7) is -2.68. The van der Waals surface area contributed by atoms with Crippen LogP contribution in [0.15, 0.2) is 77.1 Å². The Bertz CT molecular complexity index is 2050. The average Bonchev–Trinajstić information content (AvgIpc) is 3.87. The highest BCUT2D eigenvalue weighted by Gasteiger charge is 2.57. The second kappa shape index (κ2) is 12.3. The maximum absolute atomic E-state index is 14.2. The van der Waals surface area contributed by atoms with Crippen molar-refractivity contribution in [1.82, 2.24) is 29.4 Å². The number of alkyl halides is 2. The molecule has 4 aliphatic rings. The van der Waals surface area contributed by atoms with Gasteiger partial charge in [-0.05, 0) is 67.9 Å². The van der Waals surface area contributed by atoms with Crippen LogP contribution in [-0.4, -0.2) is 61.8 Å². The summed E-state index contributed by atoms with van der Waals surface area (Å²) in [5.41, 5.74) is 1.16. The molecule has 2 bridgehead atoms. The summed E-state index contributed by atoms with van der Waals surface area (Å²) in [6, 6.07) is 9.33. The summed E-state index contributed by atoms with van der Waals surface area (Å²) in [4.78, 5) is 15.8. The van der Waals surface area contributed by atoms with Crippen molar-refractivity contribution in [2.45, 2.75) is 61.6 Å². The molecule has 256 valence electrons. The number of aromatic nitrogens is 4. The molecule has 49 heavy (non-hydrogen) atoms. The van der Waals surface area contributed by atoms with Crippen molar-refractivity contribution in [2.75, 3.05) is 6.54 Å². The molecule has 2 N–H and O–H groups in total. The minimum absolute atomic E-state index is 0.0971. The molecule has 3 aromatic heterocycles. The van der Waals surface area contributed by atoms with Gasteiger partial charge >= 0.3 is 6.55 Å². The van der Waals surface area contributed by atoms with Gasteiger partial charge in [0.1, 0.15) is 17.5 Å². The number of rotatable bonds is 8. The predicted octanol–water partition coefficient (Wildman–Crippen LogP) is 5.91. The number of thiazole rings is 1. The molecule has 3 fully saturated rings. The second-order valence-electron chi connectivity index (χ2n) is 13.0. The lowest BCUT2D eigenvalue weighted by Gasteiger charge is -2.42. The zero-order chi connectivity index (χ0) is 34.1. The van der Waals surface area contributed by atoms with E-state index in [0.717, 1.165) is 0 Å². The molecule has 2 unspecified atom stereocenters. The monoisotopic (exact) mass is 729 g/mol. The Balaban J connectivity index is 1.15. The standard InChI is InChI=1S/C33H31ClF3N7O3S2/c34-24-15-20(35)6-7-23(24)29-28(25-8-11-44(41-25)32(36)37)26-16-21(17-43(26)30(40-29)31-39-10-12-48-31)42-49(46,47)22-13-18-4-5-19(14-22)33(18,45)27-3-1-2-9-38-27/h1-3,6-12,15,18-19,21-22,29,32,42,45H,4-5,13-14,16-17H2/t18-,19?,21-,22-,29-,33?/m0/s1. The first-order chi connectivity index (χ1) is 23.5. The number of sulfonamides is 1. The number of halogens is 4. The van der Waals surface area contributed by atoms with Crippen molar-refractivity contribution >= 4 is 44.4 Å². The van der Waals surface area contributed by atoms with Crippen LogP contribution in [0.3, 0.4) is 0 Å². The van der Waals surface area contributed by atoms with Crippen LogP contribution >= 0.6 is 22.9 Å². The van der Waals surface area contributed by atoms with Crippen molar-refractivity contribution in [2.24, 2.45) is 16.8 Å². The average molecular weight is 730 g/mol. The first kappa shape index (κ1) is 32.6. The van der Waals surface area contributed by atoms with Gasteiger partial charge < -0.3 is 10.0 Å². The van der Waals surface area contributed by atoms with E-state index in [0.29, 0.717) is 63.7 Å². The van der Waals surface area contributed by atoms with Crippen LogP contribution in [0.25, 0.3) is 5.57 Å². The number of pyridine rings is 1. The van der Waals surface area contributed by atoms with E-state index in [9.17, 15) is 26.7 Å².